The average molecular weight is 509 g/mol. The predicted molar refractivity (Wildman–Crippen MR) is 104 cm³/mol. The molecule has 4 rings (SSSR count). The Labute approximate surface area is 194 Å². The first-order valence-electron chi connectivity index (χ1n) is 10.7. The summed E-state index contributed by atoms with van der Waals surface area (Å²) in [5.74, 6) is -0.179. The number of rotatable bonds is 7. The first-order chi connectivity index (χ1) is 16.5. The maximum Gasteiger partial charge on any atom is 0.522 e. The van der Waals surface area contributed by atoms with E-state index in [1.165, 1.54) is 0 Å². The predicted octanol–water partition coefficient (Wildman–Crippen LogP) is 4.29. The van der Waals surface area contributed by atoms with Crippen molar-refractivity contribution in [1.82, 2.24) is 15.5 Å². The molecular weight excluding hydrogens is 488 g/mol. The van der Waals surface area contributed by atoms with Gasteiger partial charge in [-0.2, -0.15) is 13.2 Å². The highest BCUT2D eigenvalue weighted by Crippen LogP contribution is 2.41. The van der Waals surface area contributed by atoms with Crippen molar-refractivity contribution in [2.45, 2.75) is 62.4 Å². The topological polar surface area (TPSA) is 95.7 Å². The summed E-state index contributed by atoms with van der Waals surface area (Å²) in [6.45, 7) is -0.224. The lowest BCUT2D eigenvalue weighted by atomic mass is 9.82. The number of benzene rings is 1. The van der Waals surface area contributed by atoms with Crippen molar-refractivity contribution in [3.05, 3.63) is 41.6 Å². The number of aromatic nitrogens is 2. The minimum absolute atomic E-state index is 0.128. The van der Waals surface area contributed by atoms with Crippen molar-refractivity contribution < 1.29 is 49.8 Å². The molecule has 2 heterocycles. The lowest BCUT2D eigenvalue weighted by Gasteiger charge is -2.33. The molecule has 0 spiro atoms. The van der Waals surface area contributed by atoms with E-state index in [1.807, 2.05) is 0 Å². The van der Waals surface area contributed by atoms with Gasteiger partial charge in [-0.3, -0.25) is 9.53 Å². The Hall–Kier alpha value is -2.87. The standard InChI is InChI=1S/C21H21F6N3O5/c22-20(23,24)12-1-4-14(5-2-12)32-10-17(31)28-13-3-6-16(33-9-13)19-30-29-18(34-19)11-7-15(8-11)35-21(25,26)27/h1-2,4-5,11,13,15-16H,3,6-10H2,(H,28,31)/t11?,13-,15?,16+/m1/s1. The fourth-order valence-electron chi connectivity index (χ4n) is 3.81. The lowest BCUT2D eigenvalue weighted by molar-refractivity contribution is -0.352. The molecule has 8 nitrogen and oxygen atoms in total. The van der Waals surface area contributed by atoms with E-state index in [1.54, 1.807) is 0 Å². The molecule has 1 saturated carbocycles. The summed E-state index contributed by atoms with van der Waals surface area (Å²) in [4.78, 5) is 12.1. The molecule has 2 atom stereocenters. The average Bonchev–Trinajstić information content (AvgIpc) is 3.24. The lowest BCUT2D eigenvalue weighted by Crippen LogP contribution is -2.43. The third kappa shape index (κ3) is 6.84. The van der Waals surface area contributed by atoms with Crippen LogP contribution in [0.1, 0.15) is 55.1 Å². The zero-order valence-corrected chi connectivity index (χ0v) is 18.1. The number of carbonyl (C=O) groups excluding carboxylic acids is 1. The summed E-state index contributed by atoms with van der Waals surface area (Å²) in [6.07, 6.45) is -9.31. The Kier molecular flexibility index (Phi) is 7.22. The molecule has 1 amide bonds. The molecule has 1 aromatic carbocycles. The molecule has 0 bridgehead atoms. The largest absolute Gasteiger partial charge is 0.522 e. The number of nitrogens with zero attached hydrogens (tertiary/aromatic N) is 2. The Morgan fingerprint density at radius 2 is 1.71 bits per heavy atom. The molecule has 0 unspecified atom stereocenters. The van der Waals surface area contributed by atoms with Gasteiger partial charge < -0.3 is 19.2 Å². The summed E-state index contributed by atoms with van der Waals surface area (Å²) in [7, 11) is 0. The van der Waals surface area contributed by atoms with Crippen molar-refractivity contribution >= 4 is 5.91 Å². The van der Waals surface area contributed by atoms with Crippen LogP contribution in [0, 0.1) is 0 Å². The van der Waals surface area contributed by atoms with E-state index >= 15 is 0 Å². The Morgan fingerprint density at radius 3 is 2.31 bits per heavy atom. The van der Waals surface area contributed by atoms with Crippen molar-refractivity contribution in [3.63, 3.8) is 0 Å². The normalized spacial score (nSPS) is 25.1. The van der Waals surface area contributed by atoms with E-state index in [0.29, 0.717) is 12.8 Å². The van der Waals surface area contributed by atoms with Gasteiger partial charge in [-0.1, -0.05) is 0 Å². The number of nitrogens with one attached hydrogen (secondary N) is 1. The highest BCUT2D eigenvalue weighted by Gasteiger charge is 2.43. The van der Waals surface area contributed by atoms with Crippen LogP contribution in [0.15, 0.2) is 28.7 Å². The van der Waals surface area contributed by atoms with Gasteiger partial charge in [0.05, 0.1) is 24.3 Å². The minimum atomic E-state index is -4.67. The summed E-state index contributed by atoms with van der Waals surface area (Å²) < 4.78 is 94.9. The Balaban J connectivity index is 1.17. The second kappa shape index (κ2) is 10.0. The van der Waals surface area contributed by atoms with Crippen LogP contribution in [-0.4, -0.2) is 47.8 Å². The van der Waals surface area contributed by atoms with E-state index in [0.717, 1.165) is 24.3 Å². The summed E-state index contributed by atoms with van der Waals surface area (Å²) in [6, 6.07) is 3.69. The van der Waals surface area contributed by atoms with Crippen molar-refractivity contribution in [2.75, 3.05) is 13.2 Å². The van der Waals surface area contributed by atoms with Crippen LogP contribution in [0.4, 0.5) is 26.3 Å². The molecule has 0 radical (unpaired) electrons. The molecule has 35 heavy (non-hydrogen) atoms. The molecule has 14 heteroatoms. The van der Waals surface area contributed by atoms with Crippen LogP contribution in [0.5, 0.6) is 5.75 Å². The highest BCUT2D eigenvalue weighted by atomic mass is 19.4. The number of alkyl halides is 6. The van der Waals surface area contributed by atoms with E-state index < -0.39 is 36.2 Å². The molecule has 1 aliphatic carbocycles. The minimum Gasteiger partial charge on any atom is -0.484 e. The van der Waals surface area contributed by atoms with Gasteiger partial charge in [0.2, 0.25) is 11.8 Å². The van der Waals surface area contributed by atoms with E-state index in [9.17, 15) is 31.1 Å². The van der Waals surface area contributed by atoms with E-state index in [2.05, 4.69) is 20.3 Å². The van der Waals surface area contributed by atoms with Crippen LogP contribution < -0.4 is 10.1 Å². The van der Waals surface area contributed by atoms with Gasteiger partial charge in [-0.05, 0) is 49.9 Å². The molecule has 2 fully saturated rings. The highest BCUT2D eigenvalue weighted by molar-refractivity contribution is 5.77. The van der Waals surface area contributed by atoms with Crippen LogP contribution in [0.25, 0.3) is 0 Å². The molecule has 2 aliphatic rings. The van der Waals surface area contributed by atoms with Crippen molar-refractivity contribution in [2.24, 2.45) is 0 Å². The second-order valence-corrected chi connectivity index (χ2v) is 8.31. The molecule has 192 valence electrons. The molecular formula is C21H21F6N3O5. The summed E-state index contributed by atoms with van der Waals surface area (Å²) in [5, 5.41) is 10.6. The number of halogens is 6. The molecule has 1 N–H and O–H groups in total. The number of ether oxygens (including phenoxy) is 3. The summed E-state index contributed by atoms with van der Waals surface area (Å²) in [5.41, 5.74) is -0.816. The third-order valence-electron chi connectivity index (χ3n) is 5.67. The van der Waals surface area contributed by atoms with Gasteiger partial charge in [0, 0.05) is 5.92 Å². The number of hydrogen-bond donors (Lipinski definition) is 1. The number of carbonyl (C=O) groups is 1. The molecule has 1 saturated heterocycles. The van der Waals surface area contributed by atoms with Gasteiger partial charge in [0.1, 0.15) is 11.9 Å². The first-order valence-corrected chi connectivity index (χ1v) is 10.7. The van der Waals surface area contributed by atoms with Gasteiger partial charge in [-0.15, -0.1) is 23.4 Å². The number of amides is 1. The zero-order valence-electron chi connectivity index (χ0n) is 18.1. The van der Waals surface area contributed by atoms with Crippen LogP contribution in [-0.2, 0) is 20.4 Å². The maximum absolute atomic E-state index is 12.6. The van der Waals surface area contributed by atoms with Crippen LogP contribution in [0.3, 0.4) is 0 Å². The van der Waals surface area contributed by atoms with Crippen LogP contribution in [0.2, 0.25) is 0 Å². The van der Waals surface area contributed by atoms with E-state index in [4.69, 9.17) is 13.9 Å². The van der Waals surface area contributed by atoms with E-state index in [-0.39, 0.29) is 55.5 Å². The van der Waals surface area contributed by atoms with Gasteiger partial charge in [0.25, 0.3) is 5.91 Å². The van der Waals surface area contributed by atoms with Gasteiger partial charge in [-0.25, -0.2) is 0 Å². The van der Waals surface area contributed by atoms with Gasteiger partial charge >= 0.3 is 12.5 Å². The number of hydrogen-bond acceptors (Lipinski definition) is 7. The fraction of sp³-hybridized carbons (Fsp3) is 0.571. The zero-order chi connectivity index (χ0) is 25.2. The molecule has 1 aromatic heterocycles. The fourth-order valence-corrected chi connectivity index (χ4v) is 3.81. The van der Waals surface area contributed by atoms with Crippen LogP contribution >= 0.6 is 0 Å². The third-order valence-corrected chi connectivity index (χ3v) is 5.67. The molecule has 2 aromatic rings. The van der Waals surface area contributed by atoms with Crippen molar-refractivity contribution in [3.8, 4) is 5.75 Å². The quantitative estimate of drug-likeness (QED) is 0.557. The molecule has 1 aliphatic heterocycles. The maximum atomic E-state index is 12.6. The monoisotopic (exact) mass is 509 g/mol. The smallest absolute Gasteiger partial charge is 0.484 e. The SMILES string of the molecule is O=C(COc1ccc(C(F)(F)F)cc1)N[C@@H]1CC[C@@H](c2nnc(C3CC(OC(F)(F)F)C3)o2)OC1. The summed E-state index contributed by atoms with van der Waals surface area (Å²) >= 11 is 0. The first kappa shape index (κ1) is 25.2. The van der Waals surface area contributed by atoms with Crippen molar-refractivity contribution in [1.29, 1.82) is 0 Å². The Bertz CT molecular complexity index is 996. The van der Waals surface area contributed by atoms with Gasteiger partial charge in [0.15, 0.2) is 6.61 Å². The Morgan fingerprint density at radius 1 is 1.03 bits per heavy atom. The second-order valence-electron chi connectivity index (χ2n) is 8.31.